The van der Waals surface area contributed by atoms with Crippen molar-refractivity contribution in [1.29, 1.82) is 0 Å². The molecule has 0 bridgehead atoms. The Hall–Kier alpha value is -2.74. The van der Waals surface area contributed by atoms with E-state index < -0.39 is 22.8 Å². The number of carbonyl (C=O) groups is 1. The third kappa shape index (κ3) is 3.00. The van der Waals surface area contributed by atoms with Gasteiger partial charge in [-0.25, -0.2) is 9.37 Å². The van der Waals surface area contributed by atoms with Gasteiger partial charge in [0.25, 0.3) is 11.5 Å². The highest BCUT2D eigenvalue weighted by Gasteiger charge is 2.38. The fraction of sp³-hybridized carbons (Fsp3) is 0.353. The first-order valence-electron chi connectivity index (χ1n) is 7.87. The number of aromatic nitrogens is 2. The van der Waals surface area contributed by atoms with Gasteiger partial charge in [0, 0.05) is 6.54 Å². The lowest BCUT2D eigenvalue weighted by Gasteiger charge is -2.18. The van der Waals surface area contributed by atoms with Gasteiger partial charge in [-0.2, -0.15) is 0 Å². The van der Waals surface area contributed by atoms with E-state index in [0.717, 1.165) is 0 Å². The molecule has 0 radical (unpaired) electrons. The summed E-state index contributed by atoms with van der Waals surface area (Å²) in [4.78, 5) is 29.0. The monoisotopic (exact) mass is 346 g/mol. The Labute approximate surface area is 143 Å². The molecule has 2 heterocycles. The van der Waals surface area contributed by atoms with Crippen LogP contribution in [0.4, 0.5) is 4.39 Å². The summed E-state index contributed by atoms with van der Waals surface area (Å²) in [7, 11) is 0. The second kappa shape index (κ2) is 5.96. The highest BCUT2D eigenvalue weighted by atomic mass is 19.1. The van der Waals surface area contributed by atoms with Crippen molar-refractivity contribution in [2.24, 2.45) is 0 Å². The molecule has 1 aliphatic rings. The topological polar surface area (TPSA) is 96.2 Å². The van der Waals surface area contributed by atoms with Gasteiger partial charge in [0.2, 0.25) is 5.75 Å². The quantitative estimate of drug-likeness (QED) is 0.780. The van der Waals surface area contributed by atoms with Crippen molar-refractivity contribution in [2.45, 2.75) is 39.0 Å². The van der Waals surface area contributed by atoms with Gasteiger partial charge in [-0.3, -0.25) is 19.5 Å². The zero-order valence-corrected chi connectivity index (χ0v) is 14.1. The summed E-state index contributed by atoms with van der Waals surface area (Å²) in [5.41, 5.74) is -0.911. The third-order valence-corrected chi connectivity index (χ3v) is 4.19. The van der Waals surface area contributed by atoms with E-state index in [9.17, 15) is 19.1 Å². The zero-order valence-electron chi connectivity index (χ0n) is 14.1. The van der Waals surface area contributed by atoms with Crippen LogP contribution in [0.3, 0.4) is 0 Å². The van der Waals surface area contributed by atoms with Gasteiger partial charge in [-0.15, -0.1) is 0 Å². The fourth-order valence-corrected chi connectivity index (χ4v) is 3.00. The number of halogens is 1. The average molecular weight is 346 g/mol. The normalized spacial score (nSPS) is 18.0. The summed E-state index contributed by atoms with van der Waals surface area (Å²) in [6.07, 6.45) is -0.341. The number of hydrogen-bond donors (Lipinski definition) is 3. The van der Waals surface area contributed by atoms with Crippen LogP contribution in [0, 0.1) is 5.82 Å². The van der Waals surface area contributed by atoms with Gasteiger partial charge >= 0.3 is 0 Å². The SMILES string of the molecule is CC1NC(C)(C)c2nc(C(=O)NCc3ccc(F)cc3)c(O)c(=O)n21. The fourth-order valence-electron chi connectivity index (χ4n) is 3.00. The number of hydrogen-bond acceptors (Lipinski definition) is 5. The van der Waals surface area contributed by atoms with Crippen molar-refractivity contribution < 1.29 is 14.3 Å². The van der Waals surface area contributed by atoms with E-state index >= 15 is 0 Å². The summed E-state index contributed by atoms with van der Waals surface area (Å²) >= 11 is 0. The van der Waals surface area contributed by atoms with Crippen LogP contribution in [-0.2, 0) is 12.1 Å². The van der Waals surface area contributed by atoms with Crippen molar-refractivity contribution in [3.63, 3.8) is 0 Å². The van der Waals surface area contributed by atoms with Crippen LogP contribution in [0.1, 0.15) is 48.8 Å². The maximum atomic E-state index is 12.9. The lowest BCUT2D eigenvalue weighted by atomic mass is 10.1. The Morgan fingerprint density at radius 2 is 2.04 bits per heavy atom. The number of aromatic hydroxyl groups is 1. The summed E-state index contributed by atoms with van der Waals surface area (Å²) in [5, 5.41) is 15.9. The smallest absolute Gasteiger partial charge is 0.297 e. The first kappa shape index (κ1) is 17.1. The molecule has 0 aliphatic carbocycles. The predicted octanol–water partition coefficient (Wildman–Crippen LogP) is 1.37. The van der Waals surface area contributed by atoms with E-state index in [0.29, 0.717) is 11.4 Å². The molecule has 25 heavy (non-hydrogen) atoms. The van der Waals surface area contributed by atoms with Crippen LogP contribution in [0.25, 0.3) is 0 Å². The van der Waals surface area contributed by atoms with E-state index in [2.05, 4.69) is 15.6 Å². The first-order valence-corrected chi connectivity index (χ1v) is 7.87. The third-order valence-electron chi connectivity index (χ3n) is 4.19. The summed E-state index contributed by atoms with van der Waals surface area (Å²) in [6, 6.07) is 5.65. The largest absolute Gasteiger partial charge is 0.501 e. The molecule has 3 N–H and O–H groups in total. The number of nitrogens with one attached hydrogen (secondary N) is 2. The highest BCUT2D eigenvalue weighted by Crippen LogP contribution is 2.29. The molecule has 7 nitrogen and oxygen atoms in total. The molecule has 0 saturated carbocycles. The van der Waals surface area contributed by atoms with Crippen molar-refractivity contribution in [1.82, 2.24) is 20.2 Å². The lowest BCUT2D eigenvalue weighted by Crippen LogP contribution is -2.32. The average Bonchev–Trinajstić information content (AvgIpc) is 2.78. The maximum absolute atomic E-state index is 12.9. The molecule has 1 aromatic heterocycles. The predicted molar refractivity (Wildman–Crippen MR) is 88.6 cm³/mol. The van der Waals surface area contributed by atoms with E-state index in [1.165, 1.54) is 28.8 Å². The molecular weight excluding hydrogens is 327 g/mol. The molecule has 0 saturated heterocycles. The molecule has 1 unspecified atom stereocenters. The van der Waals surface area contributed by atoms with E-state index in [-0.39, 0.29) is 24.2 Å². The Kier molecular flexibility index (Phi) is 4.08. The molecule has 132 valence electrons. The summed E-state index contributed by atoms with van der Waals surface area (Å²) in [6.45, 7) is 5.57. The molecule has 0 spiro atoms. The number of benzene rings is 1. The molecule has 2 aromatic rings. The molecular formula is C17H19FN4O3. The van der Waals surface area contributed by atoms with Crippen LogP contribution in [-0.4, -0.2) is 20.6 Å². The molecule has 1 aliphatic heterocycles. The number of nitrogens with zero attached hydrogens (tertiary/aromatic N) is 2. The van der Waals surface area contributed by atoms with Crippen molar-refractivity contribution >= 4 is 5.91 Å². The number of rotatable bonds is 3. The Morgan fingerprint density at radius 3 is 2.68 bits per heavy atom. The van der Waals surface area contributed by atoms with Crippen LogP contribution in [0.5, 0.6) is 5.75 Å². The summed E-state index contributed by atoms with van der Waals surface area (Å²) in [5.74, 6) is -1.34. The number of fused-ring (bicyclic) bond motifs is 1. The number of amides is 1. The van der Waals surface area contributed by atoms with Gasteiger partial charge < -0.3 is 10.4 Å². The Morgan fingerprint density at radius 1 is 1.40 bits per heavy atom. The molecule has 8 heteroatoms. The van der Waals surface area contributed by atoms with Crippen molar-refractivity contribution in [3.05, 3.63) is 57.5 Å². The van der Waals surface area contributed by atoms with E-state index in [4.69, 9.17) is 0 Å². The molecule has 3 rings (SSSR count). The summed E-state index contributed by atoms with van der Waals surface area (Å²) < 4.78 is 14.2. The Bertz CT molecular complexity index is 890. The molecule has 1 aromatic carbocycles. The molecule has 0 fully saturated rings. The van der Waals surface area contributed by atoms with Crippen LogP contribution < -0.4 is 16.2 Å². The second-order valence-corrected chi connectivity index (χ2v) is 6.56. The highest BCUT2D eigenvalue weighted by molar-refractivity contribution is 5.94. The molecule has 1 atom stereocenters. The van der Waals surface area contributed by atoms with E-state index in [1.54, 1.807) is 6.92 Å². The van der Waals surface area contributed by atoms with Crippen LogP contribution in [0.2, 0.25) is 0 Å². The van der Waals surface area contributed by atoms with E-state index in [1.807, 2.05) is 13.8 Å². The van der Waals surface area contributed by atoms with Gasteiger partial charge in [-0.1, -0.05) is 12.1 Å². The van der Waals surface area contributed by atoms with Crippen LogP contribution in [0.15, 0.2) is 29.1 Å². The first-order chi connectivity index (χ1) is 11.7. The van der Waals surface area contributed by atoms with Gasteiger partial charge in [0.15, 0.2) is 5.69 Å². The minimum Gasteiger partial charge on any atom is -0.501 e. The minimum atomic E-state index is -0.688. The van der Waals surface area contributed by atoms with Gasteiger partial charge in [-0.05, 0) is 38.5 Å². The van der Waals surface area contributed by atoms with Crippen molar-refractivity contribution in [2.75, 3.05) is 0 Å². The number of carbonyl (C=O) groups excluding carboxylic acids is 1. The second-order valence-electron chi connectivity index (χ2n) is 6.56. The maximum Gasteiger partial charge on any atom is 0.297 e. The van der Waals surface area contributed by atoms with Gasteiger partial charge in [0.05, 0.1) is 11.7 Å². The Balaban J connectivity index is 1.90. The van der Waals surface area contributed by atoms with Gasteiger partial charge in [0.1, 0.15) is 11.6 Å². The standard InChI is InChI=1S/C17H19FN4O3/c1-9-21-17(2,3)16-20-12(13(23)15(25)22(9)16)14(24)19-8-10-4-6-11(18)7-5-10/h4-7,9,21,23H,8H2,1-3H3,(H,19,24). The lowest BCUT2D eigenvalue weighted by molar-refractivity contribution is 0.0941. The zero-order chi connectivity index (χ0) is 18.4. The van der Waals surface area contributed by atoms with Crippen molar-refractivity contribution in [3.8, 4) is 5.75 Å². The minimum absolute atomic E-state index is 0.122. The molecule has 1 amide bonds. The van der Waals surface area contributed by atoms with Crippen LogP contribution >= 0.6 is 0 Å².